The van der Waals surface area contributed by atoms with Crippen molar-refractivity contribution in [2.24, 2.45) is 5.73 Å². The van der Waals surface area contributed by atoms with E-state index >= 15 is 0 Å². The normalized spacial score (nSPS) is 19.5. The molecule has 1 aromatic carbocycles. The molecule has 1 fully saturated rings. The molecule has 0 bridgehead atoms. The smallest absolute Gasteiger partial charge is 0.106 e. The molecule has 1 aliphatic rings. The number of nitrogens with two attached hydrogens (primary N) is 1. The second-order valence-electron chi connectivity index (χ2n) is 4.88. The Balaban J connectivity index is 2.35. The number of hydrogen-bond donors (Lipinski definition) is 2. The summed E-state index contributed by atoms with van der Waals surface area (Å²) in [5, 5.41) is 9.85. The molecule has 0 amide bonds. The molecule has 0 saturated carbocycles. The van der Waals surface area contributed by atoms with Gasteiger partial charge in [-0.25, -0.2) is 0 Å². The number of aliphatic hydroxyl groups is 1. The third-order valence-corrected chi connectivity index (χ3v) is 4.08. The Kier molecular flexibility index (Phi) is 5.02. The molecule has 5 heteroatoms. The summed E-state index contributed by atoms with van der Waals surface area (Å²) in [5.74, 6) is 0. The van der Waals surface area contributed by atoms with Crippen LogP contribution in [0.15, 0.2) is 18.2 Å². The lowest BCUT2D eigenvalue weighted by Crippen LogP contribution is -2.41. The van der Waals surface area contributed by atoms with Crippen LogP contribution in [0.4, 0.5) is 5.69 Å². The highest BCUT2D eigenvalue weighted by atomic mass is 35.5. The Morgan fingerprint density at radius 2 is 2.26 bits per heavy atom. The van der Waals surface area contributed by atoms with Crippen molar-refractivity contribution in [2.75, 3.05) is 18.1 Å². The molecule has 1 heterocycles. The fraction of sp³-hybridized carbons (Fsp3) is 0.500. The maximum atomic E-state index is 9.21. The molecule has 1 saturated heterocycles. The van der Waals surface area contributed by atoms with E-state index in [-0.39, 0.29) is 6.61 Å². The first-order valence-corrected chi connectivity index (χ1v) is 7.39. The van der Waals surface area contributed by atoms with Gasteiger partial charge in [-0.05, 0) is 43.9 Å². The number of thiocarbonyl (C=S) groups is 1. The summed E-state index contributed by atoms with van der Waals surface area (Å²) in [4.78, 5) is 2.68. The quantitative estimate of drug-likeness (QED) is 0.839. The third kappa shape index (κ3) is 3.38. The van der Waals surface area contributed by atoms with Crippen molar-refractivity contribution in [3.8, 4) is 0 Å². The third-order valence-electron chi connectivity index (χ3n) is 3.62. The molecule has 1 aromatic rings. The van der Waals surface area contributed by atoms with Gasteiger partial charge in [0.25, 0.3) is 0 Å². The molecular formula is C14H19ClN2OS. The summed E-state index contributed by atoms with van der Waals surface area (Å²) in [7, 11) is 0. The van der Waals surface area contributed by atoms with Crippen LogP contribution in [0.2, 0.25) is 5.02 Å². The van der Waals surface area contributed by atoms with E-state index in [0.29, 0.717) is 16.1 Å². The Morgan fingerprint density at radius 1 is 1.47 bits per heavy atom. The van der Waals surface area contributed by atoms with Gasteiger partial charge in [-0.3, -0.25) is 0 Å². The van der Waals surface area contributed by atoms with Crippen molar-refractivity contribution < 1.29 is 5.11 Å². The maximum absolute atomic E-state index is 9.21. The largest absolute Gasteiger partial charge is 0.396 e. The van der Waals surface area contributed by atoms with Crippen molar-refractivity contribution in [3.63, 3.8) is 0 Å². The summed E-state index contributed by atoms with van der Waals surface area (Å²) in [6.07, 6.45) is 4.23. The summed E-state index contributed by atoms with van der Waals surface area (Å²) >= 11 is 11.1. The molecule has 1 unspecified atom stereocenters. The topological polar surface area (TPSA) is 49.5 Å². The number of piperidine rings is 1. The van der Waals surface area contributed by atoms with Crippen molar-refractivity contribution in [3.05, 3.63) is 28.8 Å². The second-order valence-corrected chi connectivity index (χ2v) is 5.76. The van der Waals surface area contributed by atoms with Crippen molar-refractivity contribution in [2.45, 2.75) is 31.7 Å². The van der Waals surface area contributed by atoms with Gasteiger partial charge >= 0.3 is 0 Å². The lowest BCUT2D eigenvalue weighted by molar-refractivity contribution is 0.262. The molecule has 3 nitrogen and oxygen atoms in total. The Bertz CT molecular complexity index is 465. The van der Waals surface area contributed by atoms with E-state index in [2.05, 4.69) is 4.90 Å². The summed E-state index contributed by atoms with van der Waals surface area (Å²) in [5.41, 5.74) is 7.67. The fourth-order valence-corrected chi connectivity index (χ4v) is 3.06. The molecule has 104 valence electrons. The minimum absolute atomic E-state index is 0.206. The molecule has 0 radical (unpaired) electrons. The van der Waals surface area contributed by atoms with Crippen LogP contribution in [0.25, 0.3) is 0 Å². The molecule has 3 N–H and O–H groups in total. The van der Waals surface area contributed by atoms with E-state index in [1.54, 1.807) is 0 Å². The van der Waals surface area contributed by atoms with Gasteiger partial charge in [-0.2, -0.15) is 0 Å². The van der Waals surface area contributed by atoms with E-state index in [4.69, 9.17) is 29.6 Å². The highest BCUT2D eigenvalue weighted by Crippen LogP contribution is 2.31. The van der Waals surface area contributed by atoms with Crippen LogP contribution in [-0.2, 0) is 0 Å². The minimum Gasteiger partial charge on any atom is -0.396 e. The Hall–Kier alpha value is -0.840. The molecule has 1 atom stereocenters. The predicted octanol–water partition coefficient (Wildman–Crippen LogP) is 2.72. The standard InChI is InChI=1S/C14H19ClN2OS/c15-10-4-5-13(12(9-10)14(16)19)17-7-2-1-3-11(17)6-8-18/h4-5,9,11,18H,1-3,6-8H2,(H2,16,19). The van der Waals surface area contributed by atoms with Crippen LogP contribution in [0.5, 0.6) is 0 Å². The van der Waals surface area contributed by atoms with E-state index in [0.717, 1.165) is 37.1 Å². The summed E-state index contributed by atoms with van der Waals surface area (Å²) in [6.45, 7) is 1.18. The molecule has 19 heavy (non-hydrogen) atoms. The van der Waals surface area contributed by atoms with Crippen molar-refractivity contribution in [1.82, 2.24) is 0 Å². The number of benzene rings is 1. The van der Waals surface area contributed by atoms with E-state index in [1.165, 1.54) is 6.42 Å². The molecule has 0 spiro atoms. The highest BCUT2D eigenvalue weighted by Gasteiger charge is 2.24. The number of anilines is 1. The van der Waals surface area contributed by atoms with Crippen LogP contribution in [0.3, 0.4) is 0 Å². The lowest BCUT2D eigenvalue weighted by Gasteiger charge is -2.38. The zero-order valence-corrected chi connectivity index (χ0v) is 12.4. The van der Waals surface area contributed by atoms with Gasteiger partial charge in [0.15, 0.2) is 0 Å². The van der Waals surface area contributed by atoms with Crippen LogP contribution < -0.4 is 10.6 Å². The summed E-state index contributed by atoms with van der Waals surface area (Å²) < 4.78 is 0. The van der Waals surface area contributed by atoms with Crippen LogP contribution in [-0.4, -0.2) is 29.3 Å². The van der Waals surface area contributed by atoms with Gasteiger partial charge in [-0.1, -0.05) is 23.8 Å². The van der Waals surface area contributed by atoms with E-state index < -0.39 is 0 Å². The number of aliphatic hydroxyl groups excluding tert-OH is 1. The number of nitrogens with zero attached hydrogens (tertiary/aromatic N) is 1. The maximum Gasteiger partial charge on any atom is 0.106 e. The van der Waals surface area contributed by atoms with E-state index in [9.17, 15) is 5.11 Å². The molecular weight excluding hydrogens is 280 g/mol. The zero-order valence-electron chi connectivity index (χ0n) is 10.8. The summed E-state index contributed by atoms with van der Waals surface area (Å²) in [6, 6.07) is 6.02. The zero-order chi connectivity index (χ0) is 13.8. The number of rotatable bonds is 4. The fourth-order valence-electron chi connectivity index (χ4n) is 2.72. The first-order chi connectivity index (χ1) is 9.13. The van der Waals surface area contributed by atoms with Gasteiger partial charge in [-0.15, -0.1) is 0 Å². The molecule has 1 aliphatic heterocycles. The second kappa shape index (κ2) is 6.55. The predicted molar refractivity (Wildman–Crippen MR) is 84.0 cm³/mol. The van der Waals surface area contributed by atoms with Gasteiger partial charge in [0.1, 0.15) is 4.99 Å². The monoisotopic (exact) mass is 298 g/mol. The van der Waals surface area contributed by atoms with Gasteiger partial charge in [0.2, 0.25) is 0 Å². The SMILES string of the molecule is NC(=S)c1cc(Cl)ccc1N1CCCCC1CCO. The van der Waals surface area contributed by atoms with Gasteiger partial charge in [0.05, 0.1) is 0 Å². The molecule has 2 rings (SSSR count). The van der Waals surface area contributed by atoms with Gasteiger partial charge < -0.3 is 15.7 Å². The van der Waals surface area contributed by atoms with Crippen LogP contribution >= 0.6 is 23.8 Å². The number of halogens is 1. The van der Waals surface area contributed by atoms with Crippen molar-refractivity contribution >= 4 is 34.5 Å². The average molecular weight is 299 g/mol. The van der Waals surface area contributed by atoms with Gasteiger partial charge in [0, 0.05) is 35.5 Å². The Labute approximate surface area is 124 Å². The van der Waals surface area contributed by atoms with Crippen LogP contribution in [0, 0.1) is 0 Å². The van der Waals surface area contributed by atoms with Crippen LogP contribution in [0.1, 0.15) is 31.2 Å². The minimum atomic E-state index is 0.206. The lowest BCUT2D eigenvalue weighted by atomic mass is 9.97. The Morgan fingerprint density at radius 3 is 2.95 bits per heavy atom. The van der Waals surface area contributed by atoms with E-state index in [1.807, 2.05) is 18.2 Å². The number of hydrogen-bond acceptors (Lipinski definition) is 3. The van der Waals surface area contributed by atoms with Crippen molar-refractivity contribution in [1.29, 1.82) is 0 Å². The average Bonchev–Trinajstić information content (AvgIpc) is 2.40. The molecule has 0 aliphatic carbocycles. The first-order valence-electron chi connectivity index (χ1n) is 6.60. The highest BCUT2D eigenvalue weighted by molar-refractivity contribution is 7.80. The molecule has 0 aromatic heterocycles. The first kappa shape index (κ1) is 14.6.